The van der Waals surface area contributed by atoms with Crippen molar-refractivity contribution in [2.45, 2.75) is 13.0 Å². The normalized spacial score (nSPS) is 17.0. The molecule has 0 aliphatic carbocycles. The van der Waals surface area contributed by atoms with Gasteiger partial charge in [0.15, 0.2) is 11.5 Å². The molecule has 98 valence electrons. The van der Waals surface area contributed by atoms with Gasteiger partial charge in [-0.05, 0) is 31.2 Å². The molecule has 0 aromatic heterocycles. The van der Waals surface area contributed by atoms with E-state index in [1.54, 1.807) is 0 Å². The smallest absolute Gasteiger partial charge is 0.161 e. The Labute approximate surface area is 113 Å². The van der Waals surface area contributed by atoms with E-state index < -0.39 is 0 Å². The topological polar surface area (TPSA) is 30.5 Å². The van der Waals surface area contributed by atoms with Gasteiger partial charge in [0.2, 0.25) is 0 Å². The number of nitrogens with one attached hydrogen (secondary N) is 1. The molecular weight excluding hydrogens is 238 g/mol. The first-order valence-corrected chi connectivity index (χ1v) is 6.50. The SMILES string of the molecule is Cc1ccc(NC[C@@H]2COc3ccccc3O2)cc1. The van der Waals surface area contributed by atoms with Crippen LogP contribution in [0.1, 0.15) is 5.56 Å². The predicted molar refractivity (Wildman–Crippen MR) is 76.0 cm³/mol. The van der Waals surface area contributed by atoms with E-state index in [0.29, 0.717) is 6.61 Å². The molecule has 0 unspecified atom stereocenters. The fourth-order valence-corrected chi connectivity index (χ4v) is 2.07. The van der Waals surface area contributed by atoms with Crippen LogP contribution < -0.4 is 14.8 Å². The largest absolute Gasteiger partial charge is 0.486 e. The second kappa shape index (κ2) is 5.22. The Morgan fingerprint density at radius 2 is 1.79 bits per heavy atom. The minimum atomic E-state index is 0.0382. The fraction of sp³-hybridized carbons (Fsp3) is 0.250. The van der Waals surface area contributed by atoms with Gasteiger partial charge >= 0.3 is 0 Å². The van der Waals surface area contributed by atoms with E-state index in [1.807, 2.05) is 24.3 Å². The molecule has 1 aliphatic heterocycles. The monoisotopic (exact) mass is 255 g/mol. The summed E-state index contributed by atoms with van der Waals surface area (Å²) in [6.45, 7) is 3.39. The van der Waals surface area contributed by atoms with Gasteiger partial charge in [-0.1, -0.05) is 29.8 Å². The Morgan fingerprint density at radius 3 is 2.58 bits per heavy atom. The summed E-state index contributed by atoms with van der Waals surface area (Å²) in [5.74, 6) is 1.65. The molecule has 1 aliphatic rings. The van der Waals surface area contributed by atoms with Gasteiger partial charge in [0, 0.05) is 5.69 Å². The number of fused-ring (bicyclic) bond motifs is 1. The minimum Gasteiger partial charge on any atom is -0.486 e. The van der Waals surface area contributed by atoms with Crippen molar-refractivity contribution in [1.29, 1.82) is 0 Å². The zero-order valence-electron chi connectivity index (χ0n) is 10.9. The molecule has 1 atom stereocenters. The molecule has 0 saturated carbocycles. The summed E-state index contributed by atoms with van der Waals surface area (Å²) in [7, 11) is 0. The van der Waals surface area contributed by atoms with Crippen LogP contribution in [0.15, 0.2) is 48.5 Å². The van der Waals surface area contributed by atoms with Crippen molar-refractivity contribution in [3.8, 4) is 11.5 Å². The average Bonchev–Trinajstić information content (AvgIpc) is 2.46. The summed E-state index contributed by atoms with van der Waals surface area (Å²) in [4.78, 5) is 0. The minimum absolute atomic E-state index is 0.0382. The molecule has 0 fully saturated rings. The second-order valence-electron chi connectivity index (χ2n) is 4.74. The van der Waals surface area contributed by atoms with Gasteiger partial charge in [-0.2, -0.15) is 0 Å². The Balaban J connectivity index is 1.59. The van der Waals surface area contributed by atoms with Crippen molar-refractivity contribution >= 4 is 5.69 Å². The summed E-state index contributed by atoms with van der Waals surface area (Å²) in [5, 5.41) is 3.37. The Morgan fingerprint density at radius 1 is 1.05 bits per heavy atom. The first kappa shape index (κ1) is 11.9. The Hall–Kier alpha value is -2.16. The van der Waals surface area contributed by atoms with E-state index in [9.17, 15) is 0 Å². The highest BCUT2D eigenvalue weighted by Gasteiger charge is 2.19. The maximum absolute atomic E-state index is 5.89. The fourth-order valence-electron chi connectivity index (χ4n) is 2.07. The number of ether oxygens (including phenoxy) is 2. The van der Waals surface area contributed by atoms with E-state index in [0.717, 1.165) is 23.7 Å². The zero-order valence-corrected chi connectivity index (χ0v) is 10.9. The van der Waals surface area contributed by atoms with Gasteiger partial charge < -0.3 is 14.8 Å². The van der Waals surface area contributed by atoms with E-state index >= 15 is 0 Å². The summed E-state index contributed by atoms with van der Waals surface area (Å²) < 4.78 is 11.6. The first-order valence-electron chi connectivity index (χ1n) is 6.50. The highest BCUT2D eigenvalue weighted by atomic mass is 16.6. The van der Waals surface area contributed by atoms with Crippen molar-refractivity contribution in [1.82, 2.24) is 0 Å². The number of benzene rings is 2. The Kier molecular flexibility index (Phi) is 3.27. The highest BCUT2D eigenvalue weighted by Crippen LogP contribution is 2.30. The second-order valence-corrected chi connectivity index (χ2v) is 4.74. The molecule has 1 N–H and O–H groups in total. The average molecular weight is 255 g/mol. The molecule has 0 bridgehead atoms. The maximum atomic E-state index is 5.89. The third-order valence-corrected chi connectivity index (χ3v) is 3.15. The third kappa shape index (κ3) is 2.81. The number of anilines is 1. The van der Waals surface area contributed by atoms with Crippen LogP contribution in [0.5, 0.6) is 11.5 Å². The summed E-state index contributed by atoms with van der Waals surface area (Å²) in [6, 6.07) is 16.1. The van der Waals surface area contributed by atoms with Crippen LogP contribution in [0.3, 0.4) is 0 Å². The van der Waals surface area contributed by atoms with Crippen molar-refractivity contribution < 1.29 is 9.47 Å². The van der Waals surface area contributed by atoms with Crippen molar-refractivity contribution in [3.63, 3.8) is 0 Å². The number of aryl methyl sites for hydroxylation is 1. The lowest BCUT2D eigenvalue weighted by atomic mass is 10.2. The number of hydrogen-bond acceptors (Lipinski definition) is 3. The molecule has 0 radical (unpaired) electrons. The van der Waals surface area contributed by atoms with Gasteiger partial charge in [-0.25, -0.2) is 0 Å². The Bertz CT molecular complexity index is 551. The summed E-state index contributed by atoms with van der Waals surface area (Å²) in [5.41, 5.74) is 2.37. The van der Waals surface area contributed by atoms with Gasteiger partial charge in [-0.3, -0.25) is 0 Å². The standard InChI is InChI=1S/C16H17NO2/c1-12-6-8-13(9-7-12)17-10-14-11-18-15-4-2-3-5-16(15)19-14/h2-9,14,17H,10-11H2,1H3/t14-/m1/s1. The van der Waals surface area contributed by atoms with Crippen LogP contribution in [-0.4, -0.2) is 19.3 Å². The number of hydrogen-bond donors (Lipinski definition) is 1. The maximum Gasteiger partial charge on any atom is 0.161 e. The van der Waals surface area contributed by atoms with Gasteiger partial charge in [0.1, 0.15) is 12.7 Å². The predicted octanol–water partition coefficient (Wildman–Crippen LogP) is 3.25. The van der Waals surface area contributed by atoms with Crippen molar-refractivity contribution in [2.24, 2.45) is 0 Å². The molecule has 2 aromatic carbocycles. The summed E-state index contributed by atoms with van der Waals surface area (Å²) >= 11 is 0. The van der Waals surface area contributed by atoms with E-state index in [-0.39, 0.29) is 6.10 Å². The molecule has 3 nitrogen and oxygen atoms in total. The highest BCUT2D eigenvalue weighted by molar-refractivity contribution is 5.45. The summed E-state index contributed by atoms with van der Waals surface area (Å²) in [6.07, 6.45) is 0.0382. The molecule has 0 amide bonds. The lowest BCUT2D eigenvalue weighted by molar-refractivity contribution is 0.0998. The van der Waals surface area contributed by atoms with Gasteiger partial charge in [0.05, 0.1) is 6.54 Å². The van der Waals surface area contributed by atoms with Crippen LogP contribution in [0, 0.1) is 6.92 Å². The van der Waals surface area contributed by atoms with E-state index in [2.05, 4.69) is 36.5 Å². The molecule has 1 heterocycles. The van der Waals surface area contributed by atoms with Crippen LogP contribution in [0.4, 0.5) is 5.69 Å². The lowest BCUT2D eigenvalue weighted by Crippen LogP contribution is -2.35. The number of rotatable bonds is 3. The molecule has 19 heavy (non-hydrogen) atoms. The molecule has 0 saturated heterocycles. The molecule has 0 spiro atoms. The van der Waals surface area contributed by atoms with Crippen LogP contribution in [0.2, 0.25) is 0 Å². The van der Waals surface area contributed by atoms with Gasteiger partial charge in [0.25, 0.3) is 0 Å². The third-order valence-electron chi connectivity index (χ3n) is 3.15. The van der Waals surface area contributed by atoms with E-state index in [1.165, 1.54) is 5.56 Å². The van der Waals surface area contributed by atoms with Crippen molar-refractivity contribution in [3.05, 3.63) is 54.1 Å². The van der Waals surface area contributed by atoms with Crippen LogP contribution in [-0.2, 0) is 0 Å². The molecule has 3 rings (SSSR count). The van der Waals surface area contributed by atoms with Gasteiger partial charge in [-0.15, -0.1) is 0 Å². The van der Waals surface area contributed by atoms with Crippen LogP contribution in [0.25, 0.3) is 0 Å². The molecule has 3 heteroatoms. The molecular formula is C16H17NO2. The van der Waals surface area contributed by atoms with E-state index in [4.69, 9.17) is 9.47 Å². The number of para-hydroxylation sites is 2. The van der Waals surface area contributed by atoms with Crippen molar-refractivity contribution in [2.75, 3.05) is 18.5 Å². The van der Waals surface area contributed by atoms with Crippen LogP contribution >= 0.6 is 0 Å². The zero-order chi connectivity index (χ0) is 13.1. The first-order chi connectivity index (χ1) is 9.31. The molecule has 2 aromatic rings. The lowest BCUT2D eigenvalue weighted by Gasteiger charge is -2.26. The quantitative estimate of drug-likeness (QED) is 0.913.